The van der Waals surface area contributed by atoms with Crippen LogP contribution < -0.4 is 46.7 Å². The van der Waals surface area contributed by atoms with Crippen LogP contribution in [-0.4, -0.2) is 311 Å². The Morgan fingerprint density at radius 2 is 1.48 bits per heavy atom. The Morgan fingerprint density at radius 3 is 2.11 bits per heavy atom. The smallest absolute Gasteiger partial charge is 0.411 e. The number of anilines is 1. The van der Waals surface area contributed by atoms with E-state index in [1.165, 1.54) is 99.3 Å². The van der Waals surface area contributed by atoms with Crippen LogP contribution in [-0.2, 0) is 102 Å². The maximum atomic E-state index is 14.7. The average Bonchev–Trinajstić information content (AvgIpc) is 0.750. The quantitative estimate of drug-likeness (QED) is 0.0144. The molecule has 0 spiro atoms. The van der Waals surface area contributed by atoms with Gasteiger partial charge >= 0.3 is 18.2 Å². The largest absolute Gasteiger partial charge is 0.492 e. The van der Waals surface area contributed by atoms with E-state index in [1.54, 1.807) is 51.5 Å². The molecule has 9 rings (SSSR count). The van der Waals surface area contributed by atoms with Crippen molar-refractivity contribution in [2.24, 2.45) is 23.5 Å². The molecule has 2 aromatic rings. The van der Waals surface area contributed by atoms with Crippen LogP contribution in [0.5, 0.6) is 17.2 Å². The number of amides is 7. The zero-order chi connectivity index (χ0) is 98.5. The van der Waals surface area contributed by atoms with Gasteiger partial charge in [0.25, 0.3) is 0 Å². The van der Waals surface area contributed by atoms with E-state index < -0.39 is 223 Å². The van der Waals surface area contributed by atoms with Crippen LogP contribution in [0.1, 0.15) is 148 Å². The summed E-state index contributed by atoms with van der Waals surface area (Å²) in [7, 11) is 9.45. The topological polar surface area (TPSA) is 548 Å². The number of nitrogens with two attached hydrogens (primary N) is 1. The van der Waals surface area contributed by atoms with Gasteiger partial charge in [0.2, 0.25) is 46.7 Å². The number of thioether (sulfide) groups is 1. The third-order valence-corrected chi connectivity index (χ3v) is 29.3. The number of rotatable bonds is 40. The molecule has 0 saturated carbocycles. The standard InChI is InChI=1S/C90H121IN8O32S3/c1-16-99(64(106)41-93-87(115)124-42-50-22-24-53(25-23-50)95-82(111)52(37-62(92)104)36-57(101)46(4)94-81(110)44(2)35-54(100)26-27-63(105)98-32-28-51(29-33-98)83(112)113)56-43-123-65(39-61(56)118-11)129-78-73(108)70(47(5)126-86(78)128-60-21-19-17-18-20-31-90(117)40-59(103)71(96-88(116)122-15)68(60)55(90)30-34-132-134-89(8,9)10)97-131-66-38-58(102)80(49(7)125-66)133-84(114)67-45(3)69(91)76(79(121-14)75(67)119-12)130-85-74(109)77(120-13)72(107)48(6)127-85/h17-18,22-25,30,44,46-49,51-52,56,58,60-61,65-66,70,72-74,77-78,80,85-86,97,102,107-109,117H,16,26-29,32-43H2,1-15H3,(H2,92,104)(H,93,115)(H,94,110)(H,95,111)(H,96,116)(H,112,113)/b18-17-,55-30+/t44-,46+,47?,48?,49?,52+,56?,58?,60+,61?,65?,66?,70?,72?,73?,74?,77?,78?,80?,85?,86?,90+/m1/s1. The van der Waals surface area contributed by atoms with Gasteiger partial charge in [0.15, 0.2) is 47.5 Å². The first-order chi connectivity index (χ1) is 63.5. The van der Waals surface area contributed by atoms with E-state index in [0.29, 0.717) is 27.5 Å². The van der Waals surface area contributed by atoms with Crippen LogP contribution in [0.4, 0.5) is 15.3 Å². The van der Waals surface area contributed by atoms with Gasteiger partial charge < -0.3 is 124 Å². The normalized spacial score (nSPS) is 28.3. The Bertz CT molecular complexity index is 4790. The fraction of sp³-hybridized carbons (Fsp3) is 0.622. The highest BCUT2D eigenvalue weighted by Gasteiger charge is 2.53. The number of benzene rings is 2. The number of carbonyl (C=O) groups excluding carboxylic acids is 11. The summed E-state index contributed by atoms with van der Waals surface area (Å²) in [4.78, 5) is 168. The molecule has 13 N–H and O–H groups in total. The van der Waals surface area contributed by atoms with Crippen molar-refractivity contribution in [3.63, 3.8) is 0 Å². The Balaban J connectivity index is 0.848. The number of Topliss-reactive ketones (excluding diaryl/α,β-unsaturated/α-hetero) is 3. The number of hydroxylamine groups is 1. The number of nitrogens with one attached hydrogen (secondary N) is 5. The molecule has 40 nitrogen and oxygen atoms in total. The lowest BCUT2D eigenvalue weighted by molar-refractivity contribution is -0.337. The van der Waals surface area contributed by atoms with Gasteiger partial charge in [0.05, 0.1) is 115 Å². The Labute approximate surface area is 802 Å². The summed E-state index contributed by atoms with van der Waals surface area (Å²) >= 11 is 2.74. The molecule has 7 aliphatic rings. The molecule has 5 aliphatic heterocycles. The van der Waals surface area contributed by atoms with Gasteiger partial charge in [-0.25, -0.2) is 9.59 Å². The van der Waals surface area contributed by atoms with E-state index in [1.807, 2.05) is 43.4 Å². The van der Waals surface area contributed by atoms with Crippen molar-refractivity contribution < 1.29 is 155 Å². The van der Waals surface area contributed by atoms with Crippen LogP contribution in [0.2, 0.25) is 0 Å². The molecule has 7 amide bonds. The minimum atomic E-state index is -2.19. The average molecular weight is 2050 g/mol. The number of hydrogen-bond donors (Lipinski definition) is 12. The SMILES string of the molecule is CCN(C(=O)CNC(=O)OCc1ccc(NC(=O)[C@H](CC(N)=O)CC(=O)[C@H](C)NC(=O)[C@H](C)CC(=O)CCC(=O)N2CCC(C(=O)O)CC2)cc1)C1COC(OC2C(O[C@H]3C#C/C=C\C#C[C@]4(O)CC(=O)C(NC(=O)OC)=C3/C4=C\CSSC(C)(C)C)OC(C)C(NOC3CC(O)C(SC(=O)c4c(C)c(I)c(OC5OC(C)C(O)C(OC)C5O)c(OC)c4OC)C(C)O3)C2O)CC1OC. The van der Waals surface area contributed by atoms with E-state index in [0.717, 1.165) is 18.9 Å². The van der Waals surface area contributed by atoms with Crippen LogP contribution in [0, 0.1) is 51.9 Å². The van der Waals surface area contributed by atoms with Gasteiger partial charge in [-0.2, -0.15) is 5.48 Å². The van der Waals surface area contributed by atoms with Gasteiger partial charge in [0, 0.05) is 112 Å². The lowest BCUT2D eigenvalue weighted by atomic mass is 9.75. The number of alkyl carbamates (subject to hydrolysis) is 2. The van der Waals surface area contributed by atoms with Crippen LogP contribution in [0.3, 0.4) is 0 Å². The van der Waals surface area contributed by atoms with Crippen molar-refractivity contribution in [3.05, 3.63) is 79.6 Å². The van der Waals surface area contributed by atoms with Gasteiger partial charge in [-0.15, -0.1) is 0 Å². The molecule has 738 valence electrons. The van der Waals surface area contributed by atoms with Gasteiger partial charge in [-0.1, -0.05) is 103 Å². The minimum Gasteiger partial charge on any atom is -0.492 e. The summed E-state index contributed by atoms with van der Waals surface area (Å²) in [6.45, 7) is 16.5. The number of aliphatic carboxylic acids is 1. The van der Waals surface area contributed by atoms with Crippen LogP contribution >= 0.6 is 55.9 Å². The molecule has 0 radical (unpaired) electrons. The number of hydrogen-bond acceptors (Lipinski definition) is 35. The summed E-state index contributed by atoms with van der Waals surface area (Å²) in [5.41, 5.74) is 6.86. The molecule has 22 atom stereocenters. The number of ether oxygens (including phenoxy) is 13. The number of likely N-dealkylation sites (tertiary alicyclic amines) is 1. The van der Waals surface area contributed by atoms with Gasteiger partial charge in [0.1, 0.15) is 55.6 Å². The second-order valence-electron chi connectivity index (χ2n) is 34.1. The number of piperidine rings is 1. The van der Waals surface area contributed by atoms with Gasteiger partial charge in [-0.3, -0.25) is 58.1 Å². The fourth-order valence-electron chi connectivity index (χ4n) is 16.1. The monoisotopic (exact) mass is 2050 g/mol. The lowest BCUT2D eigenvalue weighted by Crippen LogP contribution is -2.65. The van der Waals surface area contributed by atoms with E-state index >= 15 is 0 Å². The minimum absolute atomic E-state index is 0.0175. The summed E-state index contributed by atoms with van der Waals surface area (Å²) in [5.74, 6) is 3.17. The van der Waals surface area contributed by atoms with Crippen molar-refractivity contribution in [3.8, 4) is 40.9 Å². The summed E-state index contributed by atoms with van der Waals surface area (Å²) in [6, 6.07) is 2.71. The number of aliphatic hydroxyl groups is 5. The van der Waals surface area contributed by atoms with Crippen LogP contribution in [0.15, 0.2) is 59.3 Å². The Morgan fingerprint density at radius 1 is 0.791 bits per heavy atom. The highest BCUT2D eigenvalue weighted by atomic mass is 127. The Kier molecular flexibility index (Phi) is 40.8. The first-order valence-electron chi connectivity index (χ1n) is 43.7. The van der Waals surface area contributed by atoms with E-state index in [2.05, 4.69) is 50.4 Å². The molecular weight excluding hydrogens is 1930 g/mol. The number of aliphatic hydroxyl groups excluding tert-OH is 4. The molecule has 2 bridgehead atoms. The molecule has 0 aromatic heterocycles. The maximum absolute atomic E-state index is 14.7. The number of ketones is 3. The fourth-order valence-corrected chi connectivity index (χ4v) is 20.0. The number of carboxylic acids is 1. The van der Waals surface area contributed by atoms with Crippen molar-refractivity contribution in [1.29, 1.82) is 0 Å². The van der Waals surface area contributed by atoms with Crippen molar-refractivity contribution >= 4 is 132 Å². The molecule has 5 heterocycles. The Hall–Kier alpha value is -8.60. The zero-order valence-corrected chi connectivity index (χ0v) is 81.7. The third-order valence-electron chi connectivity index (χ3n) is 23.4. The first-order valence-corrected chi connectivity index (χ1v) is 47.9. The van der Waals surface area contributed by atoms with E-state index in [4.69, 9.17) is 72.2 Å². The van der Waals surface area contributed by atoms with Crippen molar-refractivity contribution in [2.75, 3.05) is 79.4 Å². The van der Waals surface area contributed by atoms with E-state index in [-0.39, 0.29) is 132 Å². The zero-order valence-electron chi connectivity index (χ0n) is 77.1. The predicted octanol–water partition coefficient (Wildman–Crippen LogP) is 4.48. The third kappa shape index (κ3) is 28.8. The molecular formula is C90H121IN8O32S3. The van der Waals surface area contributed by atoms with Crippen LogP contribution in [0.25, 0.3) is 0 Å². The molecule has 2 aliphatic carbocycles. The number of carboxylic acid groups (broad SMARTS) is 1. The number of likely N-dealkylation sites (N-methyl/N-ethyl adjacent to an activating group) is 1. The number of carbonyl (C=O) groups is 12. The molecule has 17 unspecified atom stereocenters. The van der Waals surface area contributed by atoms with E-state index in [9.17, 15) is 88.2 Å². The second-order valence-corrected chi connectivity index (χ2v) is 39.5. The predicted molar refractivity (Wildman–Crippen MR) is 492 cm³/mol. The first kappa shape index (κ1) is 109. The molecule has 2 aromatic carbocycles. The number of primary amides is 1. The maximum Gasteiger partial charge on any atom is 0.411 e. The highest BCUT2D eigenvalue weighted by Crippen LogP contribution is 2.50. The molecule has 5 saturated heterocycles. The van der Waals surface area contributed by atoms with Gasteiger partial charge in [-0.05, 0) is 112 Å². The number of nitrogens with zero attached hydrogens (tertiary/aromatic N) is 2. The molecule has 5 fully saturated rings. The molecule has 134 heavy (non-hydrogen) atoms. The summed E-state index contributed by atoms with van der Waals surface area (Å²) in [6.07, 6.45) is -18.9. The van der Waals surface area contributed by atoms with Crippen molar-refractivity contribution in [2.45, 2.75) is 266 Å². The molecule has 44 heteroatoms. The number of allylic oxidation sites excluding steroid dienone is 3. The number of fused-ring (bicyclic) bond motifs is 2. The second kappa shape index (κ2) is 50.1. The summed E-state index contributed by atoms with van der Waals surface area (Å²) in [5, 5.41) is 77.3. The number of halogens is 1. The highest BCUT2D eigenvalue weighted by molar-refractivity contribution is 14.1. The number of methoxy groups -OCH3 is 5. The lowest BCUT2D eigenvalue weighted by Gasteiger charge is -2.47. The van der Waals surface area contributed by atoms with Crippen molar-refractivity contribution in [1.82, 2.24) is 31.2 Å². The summed E-state index contributed by atoms with van der Waals surface area (Å²) < 4.78 is 78.8.